The number of hydrogen-bond acceptors (Lipinski definition) is 4. The molecule has 1 fully saturated rings. The standard InChI is InChI=1S/C23H28Cl2N2O4S/c1-32(29,30)27(21-16-19(24)9-10-20(21)25)13-5-8-22(28)26-17-23(11-14-31-15-12-23)18-6-3-2-4-7-18/h2-4,6-7,9-10,16H,5,8,11-15,17H2,1H3,(H,26,28). The van der Waals surface area contributed by atoms with E-state index in [4.69, 9.17) is 27.9 Å². The second kappa shape index (κ2) is 10.9. The van der Waals surface area contributed by atoms with E-state index in [0.717, 1.165) is 19.1 Å². The number of carbonyl (C=O) groups excluding carboxylic acids is 1. The van der Waals surface area contributed by atoms with Crippen molar-refractivity contribution in [2.45, 2.75) is 31.1 Å². The summed E-state index contributed by atoms with van der Waals surface area (Å²) in [5.41, 5.74) is 1.36. The van der Waals surface area contributed by atoms with E-state index in [1.54, 1.807) is 12.1 Å². The lowest BCUT2D eigenvalue weighted by atomic mass is 9.74. The average Bonchev–Trinajstić information content (AvgIpc) is 2.77. The Labute approximate surface area is 199 Å². The molecule has 0 unspecified atom stereocenters. The SMILES string of the molecule is CS(=O)(=O)N(CCCC(=O)NCC1(c2ccccc2)CCOCC1)c1cc(Cl)ccc1Cl. The number of ether oxygens (including phenoxy) is 1. The molecule has 0 spiro atoms. The molecule has 1 heterocycles. The lowest BCUT2D eigenvalue weighted by Gasteiger charge is -2.38. The van der Waals surface area contributed by atoms with Crippen molar-refractivity contribution in [3.63, 3.8) is 0 Å². The summed E-state index contributed by atoms with van der Waals surface area (Å²) >= 11 is 12.2. The van der Waals surface area contributed by atoms with Gasteiger partial charge in [0.15, 0.2) is 0 Å². The van der Waals surface area contributed by atoms with Gasteiger partial charge in [0.1, 0.15) is 0 Å². The van der Waals surface area contributed by atoms with Gasteiger partial charge in [0.2, 0.25) is 15.9 Å². The predicted octanol–water partition coefficient (Wildman–Crippen LogP) is 4.40. The van der Waals surface area contributed by atoms with Crippen molar-refractivity contribution < 1.29 is 17.9 Å². The normalized spacial score (nSPS) is 15.8. The second-order valence-corrected chi connectivity index (χ2v) is 10.8. The van der Waals surface area contributed by atoms with E-state index in [1.165, 1.54) is 15.9 Å². The molecule has 174 valence electrons. The zero-order chi connectivity index (χ0) is 23.2. The highest BCUT2D eigenvalue weighted by atomic mass is 35.5. The molecule has 0 aromatic heterocycles. The van der Waals surface area contributed by atoms with Crippen LogP contribution in [0, 0.1) is 0 Å². The monoisotopic (exact) mass is 498 g/mol. The van der Waals surface area contributed by atoms with Crippen molar-refractivity contribution in [2.24, 2.45) is 0 Å². The number of carbonyl (C=O) groups is 1. The van der Waals surface area contributed by atoms with Crippen LogP contribution < -0.4 is 9.62 Å². The van der Waals surface area contributed by atoms with Crippen molar-refractivity contribution in [3.05, 3.63) is 64.1 Å². The van der Waals surface area contributed by atoms with E-state index in [2.05, 4.69) is 17.4 Å². The highest BCUT2D eigenvalue weighted by Gasteiger charge is 2.34. The van der Waals surface area contributed by atoms with Crippen LogP contribution in [-0.2, 0) is 25.0 Å². The van der Waals surface area contributed by atoms with Gasteiger partial charge in [-0.05, 0) is 43.0 Å². The number of rotatable bonds is 9. The lowest BCUT2D eigenvalue weighted by Crippen LogP contribution is -2.44. The van der Waals surface area contributed by atoms with Crippen molar-refractivity contribution in [3.8, 4) is 0 Å². The summed E-state index contributed by atoms with van der Waals surface area (Å²) in [6.07, 6.45) is 3.34. The van der Waals surface area contributed by atoms with E-state index in [9.17, 15) is 13.2 Å². The molecule has 6 nitrogen and oxygen atoms in total. The summed E-state index contributed by atoms with van der Waals surface area (Å²) in [5.74, 6) is -0.113. The van der Waals surface area contributed by atoms with Crippen LogP contribution in [0.25, 0.3) is 0 Å². The van der Waals surface area contributed by atoms with Gasteiger partial charge in [-0.1, -0.05) is 53.5 Å². The van der Waals surface area contributed by atoms with Crippen LogP contribution in [0.15, 0.2) is 48.5 Å². The fourth-order valence-electron chi connectivity index (χ4n) is 4.00. The number of nitrogens with zero attached hydrogens (tertiary/aromatic N) is 1. The second-order valence-electron chi connectivity index (χ2n) is 8.07. The average molecular weight is 499 g/mol. The quantitative estimate of drug-likeness (QED) is 0.555. The Hall–Kier alpha value is -1.80. The van der Waals surface area contributed by atoms with Gasteiger partial charge in [0.05, 0.1) is 17.0 Å². The van der Waals surface area contributed by atoms with Crippen LogP contribution in [0.4, 0.5) is 5.69 Å². The Morgan fingerprint density at radius 1 is 1.12 bits per heavy atom. The maximum atomic E-state index is 12.6. The molecule has 1 amide bonds. The highest BCUT2D eigenvalue weighted by molar-refractivity contribution is 7.92. The summed E-state index contributed by atoms with van der Waals surface area (Å²) in [6, 6.07) is 14.9. The smallest absolute Gasteiger partial charge is 0.232 e. The molecule has 1 saturated heterocycles. The first-order chi connectivity index (χ1) is 15.2. The van der Waals surface area contributed by atoms with E-state index < -0.39 is 10.0 Å². The number of amides is 1. The van der Waals surface area contributed by atoms with Gasteiger partial charge in [0.25, 0.3) is 0 Å². The van der Waals surface area contributed by atoms with Crippen molar-refractivity contribution >= 4 is 44.8 Å². The van der Waals surface area contributed by atoms with Gasteiger partial charge in [0, 0.05) is 43.2 Å². The van der Waals surface area contributed by atoms with Crippen molar-refractivity contribution in [1.82, 2.24) is 5.32 Å². The van der Waals surface area contributed by atoms with Crippen LogP contribution in [0.5, 0.6) is 0 Å². The molecule has 0 atom stereocenters. The minimum absolute atomic E-state index is 0.113. The number of halogens is 2. The third-order valence-corrected chi connectivity index (χ3v) is 7.54. The van der Waals surface area contributed by atoms with Crippen molar-refractivity contribution in [1.29, 1.82) is 0 Å². The molecule has 3 rings (SSSR count). The van der Waals surface area contributed by atoms with Gasteiger partial charge in [-0.25, -0.2) is 8.42 Å². The summed E-state index contributed by atoms with van der Waals surface area (Å²) in [4.78, 5) is 12.6. The maximum absolute atomic E-state index is 12.6. The number of nitrogens with one attached hydrogen (secondary N) is 1. The molecule has 0 saturated carbocycles. The van der Waals surface area contributed by atoms with Crippen molar-refractivity contribution in [2.75, 3.05) is 36.9 Å². The van der Waals surface area contributed by atoms with Crippen LogP contribution in [0.2, 0.25) is 10.0 Å². The van der Waals surface area contributed by atoms with Crippen LogP contribution >= 0.6 is 23.2 Å². The first-order valence-corrected chi connectivity index (χ1v) is 13.1. The minimum atomic E-state index is -3.59. The number of sulfonamides is 1. The van der Waals surface area contributed by atoms with E-state index in [-0.39, 0.29) is 29.3 Å². The van der Waals surface area contributed by atoms with Gasteiger partial charge < -0.3 is 10.1 Å². The van der Waals surface area contributed by atoms with Crippen LogP contribution in [-0.4, -0.2) is 46.9 Å². The molecule has 9 heteroatoms. The Bertz CT molecular complexity index is 1030. The molecule has 2 aromatic rings. The summed E-state index contributed by atoms with van der Waals surface area (Å²) in [5, 5.41) is 3.73. The Kier molecular flexibility index (Phi) is 8.44. The molecule has 1 aliphatic heterocycles. The topological polar surface area (TPSA) is 75.7 Å². The van der Waals surface area contributed by atoms with Gasteiger partial charge in [-0.15, -0.1) is 0 Å². The summed E-state index contributed by atoms with van der Waals surface area (Å²) in [7, 11) is -3.59. The van der Waals surface area contributed by atoms with Gasteiger partial charge >= 0.3 is 0 Å². The molecule has 1 aliphatic rings. The molecular weight excluding hydrogens is 471 g/mol. The third kappa shape index (κ3) is 6.38. The predicted molar refractivity (Wildman–Crippen MR) is 129 cm³/mol. The number of anilines is 1. The van der Waals surface area contributed by atoms with Gasteiger partial charge in [-0.2, -0.15) is 0 Å². The third-order valence-electron chi connectivity index (χ3n) is 5.80. The van der Waals surface area contributed by atoms with E-state index in [0.29, 0.717) is 36.9 Å². The Morgan fingerprint density at radius 3 is 2.47 bits per heavy atom. The molecule has 32 heavy (non-hydrogen) atoms. The summed E-state index contributed by atoms with van der Waals surface area (Å²) in [6.45, 7) is 1.97. The van der Waals surface area contributed by atoms with Gasteiger partial charge in [-0.3, -0.25) is 9.10 Å². The number of benzene rings is 2. The minimum Gasteiger partial charge on any atom is -0.381 e. The van der Waals surface area contributed by atoms with E-state index in [1.807, 2.05) is 18.2 Å². The Morgan fingerprint density at radius 2 is 1.81 bits per heavy atom. The zero-order valence-electron chi connectivity index (χ0n) is 18.0. The molecule has 1 N–H and O–H groups in total. The fourth-order valence-corrected chi connectivity index (χ4v) is 5.41. The highest BCUT2D eigenvalue weighted by Crippen LogP contribution is 2.34. The van der Waals surface area contributed by atoms with Crippen LogP contribution in [0.3, 0.4) is 0 Å². The zero-order valence-corrected chi connectivity index (χ0v) is 20.3. The molecule has 0 radical (unpaired) electrons. The number of hydrogen-bond donors (Lipinski definition) is 1. The maximum Gasteiger partial charge on any atom is 0.232 e. The molecular formula is C23H28Cl2N2O4S. The molecule has 2 aromatic carbocycles. The fraction of sp³-hybridized carbons (Fsp3) is 0.435. The molecule has 0 aliphatic carbocycles. The largest absolute Gasteiger partial charge is 0.381 e. The first-order valence-electron chi connectivity index (χ1n) is 10.5. The summed E-state index contributed by atoms with van der Waals surface area (Å²) < 4.78 is 31.4. The lowest BCUT2D eigenvalue weighted by molar-refractivity contribution is -0.121. The van der Waals surface area contributed by atoms with E-state index >= 15 is 0 Å². The Balaban J connectivity index is 1.60. The van der Waals surface area contributed by atoms with Crippen LogP contribution in [0.1, 0.15) is 31.2 Å². The first kappa shape index (κ1) is 24.8. The molecule has 0 bridgehead atoms.